The molecule has 0 aliphatic carbocycles. The minimum atomic E-state index is -3.71. The Balaban J connectivity index is 1.92. The van der Waals surface area contributed by atoms with Crippen molar-refractivity contribution < 1.29 is 27.7 Å². The first-order valence-corrected chi connectivity index (χ1v) is 12.3. The largest absolute Gasteiger partial charge is 0.468 e. The summed E-state index contributed by atoms with van der Waals surface area (Å²) < 4.78 is 30.3. The van der Waals surface area contributed by atoms with Gasteiger partial charge in [0.15, 0.2) is 4.34 Å². The van der Waals surface area contributed by atoms with E-state index in [2.05, 4.69) is 20.3 Å². The maximum absolute atomic E-state index is 12.1. The van der Waals surface area contributed by atoms with Crippen LogP contribution in [0.5, 0.6) is 0 Å². The highest BCUT2D eigenvalue weighted by Gasteiger charge is 2.20. The summed E-state index contributed by atoms with van der Waals surface area (Å²) in [5.41, 5.74) is -0.0884. The van der Waals surface area contributed by atoms with Crippen LogP contribution in [-0.2, 0) is 24.3 Å². The molecule has 0 aliphatic heterocycles. The molecule has 1 aromatic heterocycles. The summed E-state index contributed by atoms with van der Waals surface area (Å²) in [6.07, 6.45) is 1.15. The first-order valence-electron chi connectivity index (χ1n) is 8.65. The lowest BCUT2D eigenvalue weighted by atomic mass is 10.2. The van der Waals surface area contributed by atoms with Crippen LogP contribution >= 0.6 is 23.1 Å². The predicted molar refractivity (Wildman–Crippen MR) is 116 cm³/mol. The van der Waals surface area contributed by atoms with Gasteiger partial charge in [0.05, 0.1) is 29.7 Å². The van der Waals surface area contributed by atoms with E-state index in [1.54, 1.807) is 0 Å². The van der Waals surface area contributed by atoms with Crippen LogP contribution in [0.4, 0.5) is 16.5 Å². The summed E-state index contributed by atoms with van der Waals surface area (Å²) in [5, 5.41) is 21.4. The molecule has 0 saturated carbocycles. The normalized spacial score (nSPS) is 11.0. The summed E-state index contributed by atoms with van der Waals surface area (Å²) in [6.45, 7) is -0.0379. The minimum absolute atomic E-state index is 0.00877. The van der Waals surface area contributed by atoms with E-state index in [-0.39, 0.29) is 41.6 Å². The number of rotatable bonds is 11. The third kappa shape index (κ3) is 7.76. The Kier molecular flexibility index (Phi) is 8.70. The highest BCUT2D eigenvalue weighted by molar-refractivity contribution is 8.01. The van der Waals surface area contributed by atoms with Gasteiger partial charge in [0.25, 0.3) is 5.69 Å². The average Bonchev–Trinajstić information content (AvgIpc) is 3.15. The molecule has 168 valence electrons. The van der Waals surface area contributed by atoms with Crippen molar-refractivity contribution in [3.8, 4) is 0 Å². The number of aromatic nitrogens is 2. The van der Waals surface area contributed by atoms with Crippen LogP contribution in [-0.4, -0.2) is 61.1 Å². The topological polar surface area (TPSA) is 162 Å². The quantitative estimate of drug-likeness (QED) is 0.162. The van der Waals surface area contributed by atoms with Gasteiger partial charge in [-0.3, -0.25) is 24.0 Å². The molecule has 12 nitrogen and oxygen atoms in total. The van der Waals surface area contributed by atoms with E-state index in [9.17, 15) is 28.1 Å². The lowest BCUT2D eigenvalue weighted by Crippen LogP contribution is -2.31. The van der Waals surface area contributed by atoms with Crippen LogP contribution in [0.15, 0.2) is 28.6 Å². The van der Waals surface area contributed by atoms with Gasteiger partial charge < -0.3 is 10.1 Å². The summed E-state index contributed by atoms with van der Waals surface area (Å²) in [6, 6.07) is 5.26. The molecular weight excluding hydrogens is 470 g/mol. The van der Waals surface area contributed by atoms with Gasteiger partial charge in [-0.25, -0.2) is 8.42 Å². The first-order chi connectivity index (χ1) is 14.6. The smallest absolute Gasteiger partial charge is 0.316 e. The number of esters is 1. The van der Waals surface area contributed by atoms with Gasteiger partial charge >= 0.3 is 5.97 Å². The summed E-state index contributed by atoms with van der Waals surface area (Å²) >= 11 is 2.21. The van der Waals surface area contributed by atoms with Gasteiger partial charge in [0.1, 0.15) is 0 Å². The number of sulfonamides is 1. The van der Waals surface area contributed by atoms with E-state index in [4.69, 9.17) is 0 Å². The third-order valence-corrected chi connectivity index (χ3v) is 6.83. The average molecular weight is 490 g/mol. The number of nitro benzene ring substituents is 1. The van der Waals surface area contributed by atoms with Crippen molar-refractivity contribution in [2.45, 2.75) is 17.2 Å². The zero-order valence-corrected chi connectivity index (χ0v) is 19.0. The number of benzene rings is 1. The molecular formula is C16H19N5O7S3. The molecule has 0 fully saturated rings. The number of thioether (sulfide) groups is 1. The molecule has 1 heterocycles. The van der Waals surface area contributed by atoms with Crippen LogP contribution in [0, 0.1) is 10.1 Å². The van der Waals surface area contributed by atoms with Crippen molar-refractivity contribution in [2.75, 3.05) is 35.3 Å². The third-order valence-electron chi connectivity index (χ3n) is 3.69. The number of hydrogen-bond acceptors (Lipinski definition) is 11. The lowest BCUT2D eigenvalue weighted by Gasteiger charge is -2.22. The monoisotopic (exact) mass is 489 g/mol. The summed E-state index contributed by atoms with van der Waals surface area (Å²) in [7, 11) is -2.43. The zero-order chi connectivity index (χ0) is 23.0. The number of anilines is 2. The van der Waals surface area contributed by atoms with Crippen molar-refractivity contribution >= 4 is 61.5 Å². The molecule has 2 rings (SSSR count). The molecule has 0 atom stereocenters. The molecule has 0 radical (unpaired) electrons. The van der Waals surface area contributed by atoms with E-state index in [1.807, 2.05) is 0 Å². The SMILES string of the molecule is COC(=O)CSc1nnc(NC(=O)CCCN(c2cccc([N+](=O)[O-])c2)S(C)(=O)=O)s1. The number of carbonyl (C=O) groups excluding carboxylic acids is 2. The highest BCUT2D eigenvalue weighted by atomic mass is 32.2. The number of nitrogens with zero attached hydrogens (tertiary/aromatic N) is 4. The molecule has 31 heavy (non-hydrogen) atoms. The minimum Gasteiger partial charge on any atom is -0.468 e. The van der Waals surface area contributed by atoms with Gasteiger partial charge in [-0.2, -0.15) is 0 Å². The van der Waals surface area contributed by atoms with E-state index in [1.165, 1.54) is 25.3 Å². The van der Waals surface area contributed by atoms with Crippen LogP contribution in [0.1, 0.15) is 12.8 Å². The second-order valence-electron chi connectivity index (χ2n) is 6.00. The number of hydrogen-bond donors (Lipinski definition) is 1. The summed E-state index contributed by atoms with van der Waals surface area (Å²) in [5.74, 6) is -0.740. The number of carbonyl (C=O) groups is 2. The number of nitro groups is 1. The van der Waals surface area contributed by atoms with Gasteiger partial charge in [0.2, 0.25) is 21.1 Å². The van der Waals surface area contributed by atoms with Gasteiger partial charge in [0, 0.05) is 25.1 Å². The second kappa shape index (κ2) is 11.0. The van der Waals surface area contributed by atoms with E-state index >= 15 is 0 Å². The molecule has 2 aromatic rings. The number of nitrogens with one attached hydrogen (secondary N) is 1. The maximum atomic E-state index is 12.1. The Morgan fingerprint density at radius 2 is 2.10 bits per heavy atom. The Morgan fingerprint density at radius 3 is 2.74 bits per heavy atom. The molecule has 15 heteroatoms. The molecule has 1 N–H and O–H groups in total. The molecule has 0 spiro atoms. The van der Waals surface area contributed by atoms with E-state index in [0.29, 0.717) is 4.34 Å². The number of methoxy groups -OCH3 is 1. The predicted octanol–water partition coefficient (Wildman–Crippen LogP) is 1.90. The fraction of sp³-hybridized carbons (Fsp3) is 0.375. The van der Waals surface area contributed by atoms with Crippen molar-refractivity contribution in [1.82, 2.24) is 10.2 Å². The molecule has 0 aliphatic rings. The number of non-ortho nitro benzene ring substituents is 1. The fourth-order valence-corrected chi connectivity index (χ4v) is 4.87. The van der Waals surface area contributed by atoms with Crippen molar-refractivity contribution in [1.29, 1.82) is 0 Å². The van der Waals surface area contributed by atoms with Crippen LogP contribution in [0.3, 0.4) is 0 Å². The van der Waals surface area contributed by atoms with Crippen molar-refractivity contribution in [3.05, 3.63) is 34.4 Å². The second-order valence-corrected chi connectivity index (χ2v) is 10.1. The molecule has 1 amide bonds. The maximum Gasteiger partial charge on any atom is 0.316 e. The van der Waals surface area contributed by atoms with Gasteiger partial charge in [-0.05, 0) is 12.5 Å². The van der Waals surface area contributed by atoms with E-state index in [0.717, 1.165) is 39.7 Å². The Labute approximate surface area is 186 Å². The van der Waals surface area contributed by atoms with Gasteiger partial charge in [-0.15, -0.1) is 10.2 Å². The zero-order valence-electron chi connectivity index (χ0n) is 16.5. The molecule has 1 aromatic carbocycles. The van der Waals surface area contributed by atoms with Crippen molar-refractivity contribution in [3.63, 3.8) is 0 Å². The van der Waals surface area contributed by atoms with E-state index < -0.39 is 26.8 Å². The standard InChI is InChI=1S/C16H19N5O7S3/c1-28-14(23)10-29-16-19-18-15(30-16)17-13(22)7-4-8-20(31(2,26)27)11-5-3-6-12(9-11)21(24)25/h3,5-6,9H,4,7-8,10H2,1-2H3,(H,17,18,22). The fourth-order valence-electron chi connectivity index (χ4n) is 2.31. The van der Waals surface area contributed by atoms with Crippen LogP contribution in [0.2, 0.25) is 0 Å². The number of amides is 1. The summed E-state index contributed by atoms with van der Waals surface area (Å²) in [4.78, 5) is 33.6. The molecule has 0 bridgehead atoms. The van der Waals surface area contributed by atoms with Crippen molar-refractivity contribution in [2.24, 2.45) is 0 Å². The van der Waals surface area contributed by atoms with Gasteiger partial charge in [-0.1, -0.05) is 29.2 Å². The molecule has 0 unspecified atom stereocenters. The Hall–Kier alpha value is -2.78. The Morgan fingerprint density at radius 1 is 1.35 bits per heavy atom. The Bertz CT molecular complexity index is 1060. The van der Waals surface area contributed by atoms with Crippen LogP contribution in [0.25, 0.3) is 0 Å². The number of ether oxygens (including phenoxy) is 1. The lowest BCUT2D eigenvalue weighted by molar-refractivity contribution is -0.384. The first kappa shape index (κ1) is 24.5. The van der Waals surface area contributed by atoms with Crippen LogP contribution < -0.4 is 9.62 Å². The molecule has 0 saturated heterocycles. The highest BCUT2D eigenvalue weighted by Crippen LogP contribution is 2.26.